The number of ether oxygens (including phenoxy) is 2. The summed E-state index contributed by atoms with van der Waals surface area (Å²) in [6, 6.07) is 9.43. The number of para-hydroxylation sites is 1. The molecule has 1 N–H and O–H groups in total. The number of thioether (sulfide) groups is 1. The van der Waals surface area contributed by atoms with Gasteiger partial charge < -0.3 is 19.5 Å². The first-order chi connectivity index (χ1) is 15.7. The highest BCUT2D eigenvalue weighted by atomic mass is 32.2. The van der Waals surface area contributed by atoms with Crippen molar-refractivity contribution in [3.8, 4) is 17.2 Å². The van der Waals surface area contributed by atoms with Crippen LogP contribution in [0.4, 0.5) is 13.2 Å². The molecule has 4 rings (SSSR count). The molecule has 0 saturated carbocycles. The van der Waals surface area contributed by atoms with Gasteiger partial charge in [-0.15, -0.1) is 0 Å². The summed E-state index contributed by atoms with van der Waals surface area (Å²) in [5.74, 6) is -1.90. The summed E-state index contributed by atoms with van der Waals surface area (Å²) in [6.45, 7) is 0.585. The van der Waals surface area contributed by atoms with Gasteiger partial charge in [0, 0.05) is 13.1 Å². The van der Waals surface area contributed by atoms with E-state index in [2.05, 4.69) is 4.99 Å². The minimum absolute atomic E-state index is 0.0824. The van der Waals surface area contributed by atoms with E-state index in [1.807, 2.05) is 0 Å². The molecule has 2 heterocycles. The number of hydrogen-bond donors (Lipinski definition) is 1. The molecule has 7 nitrogen and oxygen atoms in total. The first kappa shape index (κ1) is 22.7. The Morgan fingerprint density at radius 3 is 2.58 bits per heavy atom. The maximum atomic E-state index is 13.2. The summed E-state index contributed by atoms with van der Waals surface area (Å²) >= 11 is 1.13. The number of aliphatic imine (C=N–C) groups is 1. The van der Waals surface area contributed by atoms with E-state index in [-0.39, 0.29) is 17.2 Å². The van der Waals surface area contributed by atoms with Crippen molar-refractivity contribution in [2.24, 2.45) is 10.9 Å². The smallest absolute Gasteiger partial charge is 0.419 e. The number of rotatable bonds is 5. The highest BCUT2D eigenvalue weighted by Gasteiger charge is 2.38. The summed E-state index contributed by atoms with van der Waals surface area (Å²) in [7, 11) is 1.36. The maximum Gasteiger partial charge on any atom is 0.419 e. The van der Waals surface area contributed by atoms with Gasteiger partial charge in [0.15, 0.2) is 16.7 Å². The van der Waals surface area contributed by atoms with Crippen LogP contribution in [-0.4, -0.2) is 47.2 Å². The van der Waals surface area contributed by atoms with Gasteiger partial charge in [0.25, 0.3) is 5.91 Å². The van der Waals surface area contributed by atoms with Crippen LogP contribution in [0.1, 0.15) is 11.1 Å². The molecule has 0 atom stereocenters. The van der Waals surface area contributed by atoms with Crippen LogP contribution in [-0.2, 0) is 15.8 Å². The lowest BCUT2D eigenvalue weighted by atomic mass is 10.0. The Bertz CT molecular complexity index is 1170. The molecular formula is C22H17F3N2O5S. The van der Waals surface area contributed by atoms with Gasteiger partial charge in [0.2, 0.25) is 0 Å². The summed E-state index contributed by atoms with van der Waals surface area (Å²) in [5.41, 5.74) is -0.352. The van der Waals surface area contributed by atoms with Crippen LogP contribution in [0.2, 0.25) is 0 Å². The number of methoxy groups -OCH3 is 1. The lowest BCUT2D eigenvalue weighted by Crippen LogP contribution is -2.51. The first-order valence-corrected chi connectivity index (χ1v) is 10.5. The molecule has 0 aliphatic carbocycles. The number of hydrogen-bond acceptors (Lipinski definition) is 6. The second-order valence-electron chi connectivity index (χ2n) is 7.26. The van der Waals surface area contributed by atoms with E-state index in [1.54, 1.807) is 17.0 Å². The average Bonchev–Trinajstić information content (AvgIpc) is 3.07. The fourth-order valence-electron chi connectivity index (χ4n) is 3.24. The lowest BCUT2D eigenvalue weighted by Gasteiger charge is -2.37. The summed E-state index contributed by atoms with van der Waals surface area (Å²) in [5, 5.41) is 9.43. The molecule has 0 unspecified atom stereocenters. The van der Waals surface area contributed by atoms with Gasteiger partial charge in [-0.1, -0.05) is 18.2 Å². The number of carboxylic acids is 1. The molecule has 2 aromatic carbocycles. The Morgan fingerprint density at radius 2 is 1.91 bits per heavy atom. The Hall–Kier alpha value is -3.47. The molecule has 0 spiro atoms. The van der Waals surface area contributed by atoms with Crippen LogP contribution in [0.25, 0.3) is 6.08 Å². The van der Waals surface area contributed by atoms with Crippen LogP contribution < -0.4 is 9.47 Å². The van der Waals surface area contributed by atoms with Crippen molar-refractivity contribution in [3.05, 3.63) is 58.5 Å². The number of benzene rings is 2. The fourth-order valence-corrected chi connectivity index (χ4v) is 4.17. The predicted molar refractivity (Wildman–Crippen MR) is 115 cm³/mol. The SMILES string of the molecule is COc1cc(C=C2SC(N3CC(C(=O)O)C3)=NC2=O)ccc1Oc1ccccc1C(F)(F)F. The van der Waals surface area contributed by atoms with Crippen LogP contribution in [0.3, 0.4) is 0 Å². The van der Waals surface area contributed by atoms with Gasteiger partial charge in [-0.3, -0.25) is 9.59 Å². The monoisotopic (exact) mass is 478 g/mol. The zero-order valence-corrected chi connectivity index (χ0v) is 17.9. The highest BCUT2D eigenvalue weighted by Crippen LogP contribution is 2.41. The van der Waals surface area contributed by atoms with Crippen molar-refractivity contribution in [2.75, 3.05) is 20.2 Å². The highest BCUT2D eigenvalue weighted by molar-refractivity contribution is 8.18. The van der Waals surface area contributed by atoms with E-state index in [4.69, 9.17) is 14.6 Å². The molecule has 0 bridgehead atoms. The number of carbonyl (C=O) groups is 2. The number of carboxylic acid groups (broad SMARTS) is 1. The Kier molecular flexibility index (Phi) is 6.07. The van der Waals surface area contributed by atoms with E-state index >= 15 is 0 Å². The van der Waals surface area contributed by atoms with Crippen LogP contribution in [0.15, 0.2) is 52.4 Å². The molecule has 2 aliphatic rings. The molecule has 11 heteroatoms. The molecule has 33 heavy (non-hydrogen) atoms. The van der Waals surface area contributed by atoms with Gasteiger partial charge in [0.1, 0.15) is 5.75 Å². The van der Waals surface area contributed by atoms with Crippen molar-refractivity contribution in [1.82, 2.24) is 4.90 Å². The van der Waals surface area contributed by atoms with Gasteiger partial charge in [0.05, 0.1) is 23.5 Å². The van der Waals surface area contributed by atoms with E-state index in [9.17, 15) is 22.8 Å². The number of alkyl halides is 3. The van der Waals surface area contributed by atoms with E-state index < -0.39 is 29.5 Å². The average molecular weight is 478 g/mol. The summed E-state index contributed by atoms with van der Waals surface area (Å²) in [4.78, 5) is 29.2. The molecule has 0 aromatic heterocycles. The standard InChI is InChI=1S/C22H17F3N2O5S/c1-31-17-8-12(6-7-16(17)32-15-5-3-2-4-14(15)22(23,24)25)9-18-19(28)26-21(33-18)27-10-13(11-27)20(29)30/h2-9,13H,10-11H2,1H3,(H,29,30). The molecule has 1 saturated heterocycles. The van der Waals surface area contributed by atoms with Crippen LogP contribution >= 0.6 is 11.8 Å². The van der Waals surface area contributed by atoms with Gasteiger partial charge in [-0.25, -0.2) is 0 Å². The Morgan fingerprint density at radius 1 is 1.18 bits per heavy atom. The van der Waals surface area contributed by atoms with Crippen LogP contribution in [0.5, 0.6) is 17.2 Å². The number of nitrogens with zero attached hydrogens (tertiary/aromatic N) is 2. The van der Waals surface area contributed by atoms with E-state index in [0.717, 1.165) is 17.8 Å². The summed E-state index contributed by atoms with van der Waals surface area (Å²) in [6.07, 6.45) is -3.00. The number of halogens is 3. The lowest BCUT2D eigenvalue weighted by molar-refractivity contribution is -0.145. The number of aliphatic carboxylic acids is 1. The number of amides is 1. The van der Waals surface area contributed by atoms with Gasteiger partial charge in [-0.05, 0) is 47.7 Å². The topological polar surface area (TPSA) is 88.4 Å². The van der Waals surface area contributed by atoms with Gasteiger partial charge >= 0.3 is 12.1 Å². The molecule has 1 amide bonds. The van der Waals surface area contributed by atoms with E-state index in [0.29, 0.717) is 28.7 Å². The number of likely N-dealkylation sites (tertiary alicyclic amines) is 1. The number of amidine groups is 1. The molecular weight excluding hydrogens is 461 g/mol. The first-order valence-electron chi connectivity index (χ1n) is 9.68. The van der Waals surface area contributed by atoms with Crippen molar-refractivity contribution >= 4 is 34.9 Å². The van der Waals surface area contributed by atoms with Crippen LogP contribution in [0, 0.1) is 5.92 Å². The Labute approximate surface area is 190 Å². The molecule has 172 valence electrons. The third-order valence-electron chi connectivity index (χ3n) is 5.01. The van der Waals surface area contributed by atoms with Gasteiger partial charge in [-0.2, -0.15) is 18.2 Å². The predicted octanol–water partition coefficient (Wildman–Crippen LogP) is 4.49. The molecule has 2 aliphatic heterocycles. The normalized spacial score (nSPS) is 17.7. The summed E-state index contributed by atoms with van der Waals surface area (Å²) < 4.78 is 50.5. The largest absolute Gasteiger partial charge is 0.493 e. The van der Waals surface area contributed by atoms with Crippen molar-refractivity contribution < 1.29 is 37.3 Å². The quantitative estimate of drug-likeness (QED) is 0.634. The maximum absolute atomic E-state index is 13.2. The second kappa shape index (κ2) is 8.81. The van der Waals surface area contributed by atoms with Crippen molar-refractivity contribution in [2.45, 2.75) is 6.18 Å². The Balaban J connectivity index is 1.51. The zero-order valence-electron chi connectivity index (χ0n) is 17.1. The molecule has 2 aromatic rings. The van der Waals surface area contributed by atoms with E-state index in [1.165, 1.54) is 37.4 Å². The fraction of sp³-hybridized carbons (Fsp3) is 0.227. The van der Waals surface area contributed by atoms with Crippen molar-refractivity contribution in [3.63, 3.8) is 0 Å². The third-order valence-corrected chi connectivity index (χ3v) is 6.05. The zero-order chi connectivity index (χ0) is 23.8. The second-order valence-corrected chi connectivity index (χ2v) is 8.27. The minimum atomic E-state index is -4.58. The molecule has 1 fully saturated rings. The third kappa shape index (κ3) is 4.82. The minimum Gasteiger partial charge on any atom is -0.493 e. The van der Waals surface area contributed by atoms with Crippen molar-refractivity contribution in [1.29, 1.82) is 0 Å². The molecule has 0 radical (unpaired) electrons. The number of carbonyl (C=O) groups excluding carboxylic acids is 1.